The van der Waals surface area contributed by atoms with E-state index in [9.17, 15) is 13.2 Å². The third-order valence-electron chi connectivity index (χ3n) is 2.39. The average Bonchev–Trinajstić information content (AvgIpc) is 2.56. The molecule has 0 aliphatic carbocycles. The van der Waals surface area contributed by atoms with Gasteiger partial charge in [0.05, 0.1) is 11.7 Å². The zero-order valence-electron chi connectivity index (χ0n) is 10.5. The first-order valence-electron chi connectivity index (χ1n) is 5.47. The predicted molar refractivity (Wildman–Crippen MR) is 59.9 cm³/mol. The lowest BCUT2D eigenvalue weighted by molar-refractivity contribution is -0.146. The van der Waals surface area contributed by atoms with Crippen LogP contribution in [-0.4, -0.2) is 23.4 Å². The SMILES string of the molecule is CNCCc1cnn(C(C)(C)C)c1C(F)(F)F. The van der Waals surface area contributed by atoms with Gasteiger partial charge in [0.25, 0.3) is 0 Å². The van der Waals surface area contributed by atoms with Gasteiger partial charge in [0.1, 0.15) is 5.69 Å². The lowest BCUT2D eigenvalue weighted by atomic mass is 10.1. The number of nitrogens with zero attached hydrogens (tertiary/aromatic N) is 2. The molecule has 0 amide bonds. The Morgan fingerprint density at radius 1 is 1.29 bits per heavy atom. The van der Waals surface area contributed by atoms with Gasteiger partial charge in [-0.3, -0.25) is 4.68 Å². The van der Waals surface area contributed by atoms with E-state index in [2.05, 4.69) is 10.4 Å². The quantitative estimate of drug-likeness (QED) is 0.891. The number of likely N-dealkylation sites (N-methyl/N-ethyl adjacent to an activating group) is 1. The van der Waals surface area contributed by atoms with E-state index in [1.807, 2.05) is 0 Å². The van der Waals surface area contributed by atoms with Crippen molar-refractivity contribution in [1.82, 2.24) is 15.1 Å². The average molecular weight is 249 g/mol. The van der Waals surface area contributed by atoms with Gasteiger partial charge in [-0.15, -0.1) is 0 Å². The summed E-state index contributed by atoms with van der Waals surface area (Å²) in [6.45, 7) is 5.62. The van der Waals surface area contributed by atoms with Crippen LogP contribution in [0.1, 0.15) is 32.0 Å². The van der Waals surface area contributed by atoms with Crippen LogP contribution in [0.25, 0.3) is 0 Å². The summed E-state index contributed by atoms with van der Waals surface area (Å²) in [5.74, 6) is 0. The number of alkyl halides is 3. The van der Waals surface area contributed by atoms with Crippen molar-refractivity contribution in [3.63, 3.8) is 0 Å². The zero-order valence-corrected chi connectivity index (χ0v) is 10.5. The van der Waals surface area contributed by atoms with E-state index in [1.54, 1.807) is 27.8 Å². The fraction of sp³-hybridized carbons (Fsp3) is 0.727. The summed E-state index contributed by atoms with van der Waals surface area (Å²) in [5, 5.41) is 6.71. The van der Waals surface area contributed by atoms with Crippen LogP contribution in [0.5, 0.6) is 0 Å². The molecule has 6 heteroatoms. The van der Waals surface area contributed by atoms with E-state index in [0.717, 1.165) is 4.68 Å². The summed E-state index contributed by atoms with van der Waals surface area (Å²) in [7, 11) is 1.71. The third-order valence-corrected chi connectivity index (χ3v) is 2.39. The Bertz CT molecular complexity index is 374. The maximum absolute atomic E-state index is 13.0. The smallest absolute Gasteiger partial charge is 0.319 e. The molecule has 1 aromatic rings. The van der Waals surface area contributed by atoms with E-state index < -0.39 is 17.4 Å². The number of halogens is 3. The fourth-order valence-corrected chi connectivity index (χ4v) is 1.64. The summed E-state index contributed by atoms with van der Waals surface area (Å²) in [6, 6.07) is 0. The van der Waals surface area contributed by atoms with E-state index in [0.29, 0.717) is 13.0 Å². The summed E-state index contributed by atoms with van der Waals surface area (Å²) in [4.78, 5) is 0. The molecule has 1 N–H and O–H groups in total. The van der Waals surface area contributed by atoms with Crippen LogP contribution in [-0.2, 0) is 18.1 Å². The molecule has 1 heterocycles. The molecule has 3 nitrogen and oxygen atoms in total. The molecule has 0 bridgehead atoms. The minimum atomic E-state index is -4.37. The van der Waals surface area contributed by atoms with Gasteiger partial charge in [0.15, 0.2) is 0 Å². The second kappa shape index (κ2) is 4.68. The van der Waals surface area contributed by atoms with Crippen LogP contribution in [0.2, 0.25) is 0 Å². The fourth-order valence-electron chi connectivity index (χ4n) is 1.64. The molecule has 0 aliphatic rings. The molecule has 0 aliphatic heterocycles. The largest absolute Gasteiger partial charge is 0.433 e. The van der Waals surface area contributed by atoms with Gasteiger partial charge in [-0.25, -0.2) is 0 Å². The first kappa shape index (κ1) is 14.0. The standard InChI is InChI=1S/C11H18F3N3/c1-10(2,3)17-9(11(12,13)14)8(7-16-17)5-6-15-4/h7,15H,5-6H2,1-4H3. The molecule has 0 saturated heterocycles. The van der Waals surface area contributed by atoms with Gasteiger partial charge in [-0.05, 0) is 40.8 Å². The van der Waals surface area contributed by atoms with Gasteiger partial charge in [0.2, 0.25) is 0 Å². The molecule has 1 aromatic heterocycles. The Labute approximate surface area is 99.0 Å². The molecule has 0 atom stereocenters. The second-order valence-corrected chi connectivity index (χ2v) is 4.95. The van der Waals surface area contributed by atoms with E-state index in [-0.39, 0.29) is 5.56 Å². The zero-order chi connectivity index (χ0) is 13.3. The number of nitrogens with one attached hydrogen (secondary N) is 1. The van der Waals surface area contributed by atoms with Crippen molar-refractivity contribution < 1.29 is 13.2 Å². The van der Waals surface area contributed by atoms with Crippen molar-refractivity contribution in [3.05, 3.63) is 17.5 Å². The predicted octanol–water partition coefficient (Wildman–Crippen LogP) is 2.42. The molecule has 0 saturated carbocycles. The van der Waals surface area contributed by atoms with Crippen molar-refractivity contribution in [2.24, 2.45) is 0 Å². The molecule has 0 radical (unpaired) electrons. The maximum atomic E-state index is 13.0. The van der Waals surface area contributed by atoms with Gasteiger partial charge in [-0.2, -0.15) is 18.3 Å². The monoisotopic (exact) mass is 249 g/mol. The van der Waals surface area contributed by atoms with E-state index in [1.165, 1.54) is 6.20 Å². The molecule has 0 spiro atoms. The minimum Gasteiger partial charge on any atom is -0.319 e. The van der Waals surface area contributed by atoms with Crippen LogP contribution in [0.3, 0.4) is 0 Å². The molecule has 0 fully saturated rings. The Morgan fingerprint density at radius 3 is 2.29 bits per heavy atom. The Balaban J connectivity index is 3.21. The first-order chi connectivity index (χ1) is 7.68. The third kappa shape index (κ3) is 3.21. The van der Waals surface area contributed by atoms with Crippen LogP contribution >= 0.6 is 0 Å². The van der Waals surface area contributed by atoms with Crippen LogP contribution < -0.4 is 5.32 Å². The van der Waals surface area contributed by atoms with E-state index in [4.69, 9.17) is 0 Å². The Morgan fingerprint density at radius 2 is 1.88 bits per heavy atom. The van der Waals surface area contributed by atoms with Gasteiger partial charge in [0, 0.05) is 5.56 Å². The van der Waals surface area contributed by atoms with Crippen molar-refractivity contribution in [2.45, 2.75) is 38.9 Å². The van der Waals surface area contributed by atoms with Crippen molar-refractivity contribution >= 4 is 0 Å². The second-order valence-electron chi connectivity index (χ2n) is 4.95. The molecule has 1 rings (SSSR count). The number of hydrogen-bond donors (Lipinski definition) is 1. The molecule has 98 valence electrons. The molecule has 0 aromatic carbocycles. The summed E-state index contributed by atoms with van der Waals surface area (Å²) in [5.41, 5.74) is -1.08. The lowest BCUT2D eigenvalue weighted by Gasteiger charge is -2.24. The highest BCUT2D eigenvalue weighted by Crippen LogP contribution is 2.34. The van der Waals surface area contributed by atoms with Gasteiger partial charge < -0.3 is 5.32 Å². The minimum absolute atomic E-state index is 0.238. The Hall–Kier alpha value is -1.04. The summed E-state index contributed by atoms with van der Waals surface area (Å²) in [6.07, 6.45) is -2.74. The Kier molecular flexibility index (Phi) is 3.86. The summed E-state index contributed by atoms with van der Waals surface area (Å²) < 4.78 is 40.1. The molecular formula is C11H18F3N3. The van der Waals surface area contributed by atoms with Gasteiger partial charge >= 0.3 is 6.18 Å². The number of hydrogen-bond acceptors (Lipinski definition) is 2. The molecule has 0 unspecified atom stereocenters. The maximum Gasteiger partial charge on any atom is 0.433 e. The van der Waals surface area contributed by atoms with Gasteiger partial charge in [-0.1, -0.05) is 0 Å². The van der Waals surface area contributed by atoms with Crippen LogP contribution in [0.4, 0.5) is 13.2 Å². The highest BCUT2D eigenvalue weighted by atomic mass is 19.4. The van der Waals surface area contributed by atoms with E-state index >= 15 is 0 Å². The highest BCUT2D eigenvalue weighted by molar-refractivity contribution is 5.22. The first-order valence-corrected chi connectivity index (χ1v) is 5.47. The highest BCUT2D eigenvalue weighted by Gasteiger charge is 2.40. The van der Waals surface area contributed by atoms with Crippen LogP contribution in [0, 0.1) is 0 Å². The topological polar surface area (TPSA) is 29.9 Å². The normalized spacial score (nSPS) is 13.1. The number of aromatic nitrogens is 2. The number of rotatable bonds is 3. The van der Waals surface area contributed by atoms with Crippen molar-refractivity contribution in [2.75, 3.05) is 13.6 Å². The molecule has 17 heavy (non-hydrogen) atoms. The lowest BCUT2D eigenvalue weighted by Crippen LogP contribution is -2.29. The van der Waals surface area contributed by atoms with Crippen molar-refractivity contribution in [1.29, 1.82) is 0 Å². The van der Waals surface area contributed by atoms with Crippen LogP contribution in [0.15, 0.2) is 6.20 Å². The van der Waals surface area contributed by atoms with Crippen molar-refractivity contribution in [3.8, 4) is 0 Å². The molecular weight excluding hydrogens is 231 g/mol. The summed E-state index contributed by atoms with van der Waals surface area (Å²) >= 11 is 0.